The third kappa shape index (κ3) is 20.1. The molecule has 0 unspecified atom stereocenters. The van der Waals surface area contributed by atoms with Crippen molar-refractivity contribution >= 4 is 63.2 Å². The van der Waals surface area contributed by atoms with Crippen LogP contribution in [-0.2, 0) is 85.0 Å². The van der Waals surface area contributed by atoms with Gasteiger partial charge in [-0.1, -0.05) is 40.0 Å². The minimum Gasteiger partial charge on any atom is -0.493 e. The zero-order valence-corrected chi connectivity index (χ0v) is 68.4. The molecule has 3 aromatic carbocycles. The molecule has 0 radical (unpaired) electrons. The van der Waals surface area contributed by atoms with Gasteiger partial charge in [0, 0.05) is 60.4 Å². The maximum absolute atomic E-state index is 13.7. The normalized spacial score (nSPS) is 15.9. The summed E-state index contributed by atoms with van der Waals surface area (Å²) in [5, 5.41) is 71.3. The van der Waals surface area contributed by atoms with Crippen LogP contribution in [0.15, 0.2) is 83.7 Å². The first-order valence-corrected chi connectivity index (χ1v) is 42.6. The Morgan fingerprint density at radius 1 is 0.462 bits per heavy atom. The first-order valence-electron chi connectivity index (χ1n) is 38.3. The van der Waals surface area contributed by atoms with E-state index in [9.17, 15) is 85.3 Å². The Labute approximate surface area is 670 Å². The molecule has 3 aliphatic heterocycles. The fourth-order valence-corrected chi connectivity index (χ4v) is 19.1. The lowest BCUT2D eigenvalue weighted by Crippen LogP contribution is -2.43. The van der Waals surface area contributed by atoms with Gasteiger partial charge >= 0.3 is 0 Å². The van der Waals surface area contributed by atoms with Crippen LogP contribution in [0, 0.1) is 48.1 Å². The SMILES string of the molecule is CCCc1nn(C)c2c(=O)[nH]c(-c3cc(S(=O)(=O)N4CCC([C@@H](O)CO)CC4)ccc3OCC)nc12.CCCc1nn(C)c2c(=O)[nH]c(-c3cc(S(=O)(=O)N4CCC([C@@H](O)CO[N+](=O)[O-])CC4)ccc3OCC)nc12.CCCc1nn(C)c2c(=O)[nH]c(-c3cc(S(=O)(=O)N4CCC([C@H](CO[N+](=O)[O-])O[N+](=O)[O-])CC4)ccc3OCC)nc12. The maximum atomic E-state index is 13.7. The van der Waals surface area contributed by atoms with E-state index in [0.717, 1.165) is 19.3 Å². The van der Waals surface area contributed by atoms with Crippen molar-refractivity contribution in [3.63, 3.8) is 0 Å². The van der Waals surface area contributed by atoms with Crippen LogP contribution < -0.4 is 30.9 Å². The topological polar surface area (TPSA) is 548 Å². The Morgan fingerprint density at radius 2 is 0.761 bits per heavy atom. The Morgan fingerprint density at radius 3 is 1.04 bits per heavy atom. The Balaban J connectivity index is 0.000000186. The van der Waals surface area contributed by atoms with Gasteiger partial charge in [-0.3, -0.25) is 28.4 Å². The highest BCUT2D eigenvalue weighted by Crippen LogP contribution is 2.38. The molecule has 6 aromatic heterocycles. The van der Waals surface area contributed by atoms with Crippen LogP contribution in [0.2, 0.25) is 0 Å². The number of H-pyrrole nitrogens is 3. The molecule has 9 heterocycles. The van der Waals surface area contributed by atoms with E-state index in [1.807, 2.05) is 27.7 Å². The minimum atomic E-state index is -4.06. The molecule has 0 amide bonds. The minimum absolute atomic E-state index is 0.000601. The van der Waals surface area contributed by atoms with E-state index in [2.05, 4.69) is 59.7 Å². The number of aliphatic hydroxyl groups is 3. The highest BCUT2D eigenvalue weighted by molar-refractivity contribution is 7.89. The van der Waals surface area contributed by atoms with Gasteiger partial charge in [-0.05, 0) is 151 Å². The number of fused-ring (bicyclic) bond motifs is 3. The van der Waals surface area contributed by atoms with Crippen LogP contribution in [0.1, 0.15) is 116 Å². The monoisotopic (exact) mass is 1690 g/mol. The van der Waals surface area contributed by atoms with E-state index < -0.39 is 93.9 Å². The zero-order valence-electron chi connectivity index (χ0n) is 66.0. The van der Waals surface area contributed by atoms with Crippen LogP contribution in [0.4, 0.5) is 0 Å². The van der Waals surface area contributed by atoms with E-state index in [1.165, 1.54) is 75.5 Å². The smallest absolute Gasteiger partial charge is 0.294 e. The predicted octanol–water partition coefficient (Wildman–Crippen LogP) is 4.93. The second-order valence-electron chi connectivity index (χ2n) is 28.0. The van der Waals surface area contributed by atoms with Gasteiger partial charge in [0.2, 0.25) is 30.1 Å². The summed E-state index contributed by atoms with van der Waals surface area (Å²) in [6.07, 6.45) is 3.00. The van der Waals surface area contributed by atoms with Crippen LogP contribution in [0.5, 0.6) is 17.2 Å². The Hall–Kier alpha value is -10.7. The molecule has 0 aliphatic carbocycles. The number of aryl methyl sites for hydroxylation is 6. The molecule has 0 saturated carbocycles. The van der Waals surface area contributed by atoms with E-state index in [1.54, 1.807) is 41.1 Å². The van der Waals surface area contributed by atoms with Gasteiger partial charge in [-0.2, -0.15) is 28.2 Å². The fraction of sp³-hybridized carbons (Fsp3) is 0.542. The van der Waals surface area contributed by atoms with Crippen molar-refractivity contribution in [2.75, 3.05) is 78.9 Å². The first kappa shape index (κ1) is 88.7. The first-order chi connectivity index (χ1) is 55.7. The van der Waals surface area contributed by atoms with E-state index in [4.69, 9.17) is 14.2 Å². The van der Waals surface area contributed by atoms with Crippen molar-refractivity contribution in [3.8, 4) is 51.4 Å². The summed E-state index contributed by atoms with van der Waals surface area (Å²) in [6.45, 7) is 11.6. The molecular formula is C72H96N18O24S3. The molecule has 42 nitrogen and oxygen atoms in total. The lowest BCUT2D eigenvalue weighted by molar-refractivity contribution is -0.791. The van der Waals surface area contributed by atoms with Gasteiger partial charge < -0.3 is 59.0 Å². The molecule has 12 rings (SSSR count). The zero-order chi connectivity index (χ0) is 85.0. The number of hydrogen-bond donors (Lipinski definition) is 6. The van der Waals surface area contributed by atoms with Crippen molar-refractivity contribution < 1.29 is 84.6 Å². The number of rotatable bonds is 33. The molecule has 3 saturated heterocycles. The summed E-state index contributed by atoms with van der Waals surface area (Å²) in [5.41, 5.74) is 4.15. The van der Waals surface area contributed by atoms with E-state index in [0.29, 0.717) is 137 Å². The summed E-state index contributed by atoms with van der Waals surface area (Å²) in [5.74, 6) is 0.591. The second-order valence-corrected chi connectivity index (χ2v) is 33.8. The lowest BCUT2D eigenvalue weighted by atomic mass is 9.92. The van der Waals surface area contributed by atoms with E-state index in [-0.39, 0.29) is 120 Å². The van der Waals surface area contributed by atoms with E-state index >= 15 is 0 Å². The van der Waals surface area contributed by atoms with Crippen molar-refractivity contribution in [1.82, 2.24) is 72.2 Å². The van der Waals surface area contributed by atoms with Crippen LogP contribution >= 0.6 is 0 Å². The summed E-state index contributed by atoms with van der Waals surface area (Å²) in [6, 6.07) is 13.2. The third-order valence-electron chi connectivity index (χ3n) is 20.4. The standard InChI is InChI=1S/C24H31N7O10S.C24H32N6O8S.C24H33N5O6S/c1-4-6-18-21-22(28(3)27-18)24(32)26-23(25-21)17-13-16(7-8-19(17)39-5-2)42(37,38)29-11-9-15(10-12-29)20(41-31(35)36)14-40-30(33)34;1-4-6-18-21-22(28(3)27-18)24(32)26-23(25-21)17-13-16(7-8-20(17)37-5-2)39(35,36)29-11-9-15(10-12-29)19(31)14-38-30(33)34;1-4-6-18-21-22(28(3)27-18)24(32)26-23(25-21)17-13-16(7-8-20(17)35-5-2)36(33,34)29-11-9-15(10-12-29)19(31)14-30/h7-8,13,15,20H,4-6,9-12,14H2,1-3H3,(H,25,26,32);7-8,13,15,19,31H,4-6,9-12,14H2,1-3H3,(H,25,26,32);7-8,13,15,19,30-31H,4-6,9-12,14H2,1-3H3,(H,25,26,32)/t20-;2*19-/m000/s1. The van der Waals surface area contributed by atoms with Gasteiger partial charge in [-0.25, -0.2) is 40.2 Å². The Bertz CT molecular complexity index is 5610. The number of aliphatic hydroxyl groups excluding tert-OH is 3. The van der Waals surface area contributed by atoms with Crippen LogP contribution in [0.3, 0.4) is 0 Å². The van der Waals surface area contributed by atoms with Gasteiger partial charge in [0.15, 0.2) is 16.6 Å². The van der Waals surface area contributed by atoms with Crippen LogP contribution in [0.25, 0.3) is 67.3 Å². The number of nitrogens with one attached hydrogen (secondary N) is 3. The quantitative estimate of drug-likeness (QED) is 0.0234. The number of benzene rings is 3. The highest BCUT2D eigenvalue weighted by atomic mass is 32.2. The molecule has 3 atom stereocenters. The fourth-order valence-electron chi connectivity index (χ4n) is 14.6. The molecule has 9 aromatic rings. The van der Waals surface area contributed by atoms with Crippen LogP contribution in [-0.4, -0.2) is 225 Å². The van der Waals surface area contributed by atoms with Crippen molar-refractivity contribution in [2.24, 2.45) is 38.9 Å². The highest BCUT2D eigenvalue weighted by Gasteiger charge is 2.38. The number of aromatic nitrogens is 12. The number of piperidine rings is 3. The van der Waals surface area contributed by atoms with Crippen molar-refractivity contribution in [3.05, 3.63) is 133 Å². The van der Waals surface area contributed by atoms with Gasteiger partial charge in [0.1, 0.15) is 70.6 Å². The van der Waals surface area contributed by atoms with Gasteiger partial charge in [0.05, 0.1) is 87.1 Å². The predicted molar refractivity (Wildman–Crippen MR) is 420 cm³/mol. The number of nitrogens with zero attached hydrogens (tertiary/aromatic N) is 15. The molecule has 3 aliphatic rings. The number of hydrogen-bond acceptors (Lipinski definition) is 30. The average Bonchev–Trinajstić information content (AvgIpc) is 1.75. The molecule has 6 N–H and O–H groups in total. The molecule has 45 heteroatoms. The summed E-state index contributed by atoms with van der Waals surface area (Å²) >= 11 is 0. The largest absolute Gasteiger partial charge is 0.493 e. The summed E-state index contributed by atoms with van der Waals surface area (Å²) in [7, 11) is -6.83. The molecule has 0 spiro atoms. The van der Waals surface area contributed by atoms with Crippen molar-refractivity contribution in [2.45, 2.75) is 152 Å². The third-order valence-corrected chi connectivity index (χ3v) is 26.1. The summed E-state index contributed by atoms with van der Waals surface area (Å²) in [4.78, 5) is 106. The second kappa shape index (κ2) is 38.6. The maximum Gasteiger partial charge on any atom is 0.294 e. The summed E-state index contributed by atoms with van der Waals surface area (Å²) < 4.78 is 107. The number of ether oxygens (including phenoxy) is 3. The van der Waals surface area contributed by atoms with Gasteiger partial charge in [-0.15, -0.1) is 30.3 Å². The lowest BCUT2D eigenvalue weighted by Gasteiger charge is -2.34. The average molecular weight is 1690 g/mol. The van der Waals surface area contributed by atoms with Gasteiger partial charge in [0.25, 0.3) is 31.9 Å². The number of sulfonamides is 3. The molecule has 117 heavy (non-hydrogen) atoms. The Kier molecular flexibility index (Phi) is 29.3. The molecule has 636 valence electrons. The van der Waals surface area contributed by atoms with Crippen molar-refractivity contribution in [1.29, 1.82) is 0 Å². The molecule has 0 bridgehead atoms. The number of aromatic amines is 3. The molecule has 3 fully saturated rings. The molecular weight excluding hydrogens is 1600 g/mol.